The standard InChI is InChI=1S/C15H18ClF3N6O3/c1-8-13(25(27)28)10(3)24(21-8)7-5-20-11(26)4-6-23-9(2)12(16)14(22-23)15(17,18)19/h4-7H2,1-3H3,(H,20,26). The minimum absolute atomic E-state index is 0.0706. The van der Waals surface area contributed by atoms with Crippen LogP contribution in [0.4, 0.5) is 18.9 Å². The Morgan fingerprint density at radius 2 is 1.79 bits per heavy atom. The van der Waals surface area contributed by atoms with Gasteiger partial charge in [-0.25, -0.2) is 0 Å². The highest BCUT2D eigenvalue weighted by Gasteiger charge is 2.38. The van der Waals surface area contributed by atoms with Crippen LogP contribution in [0.15, 0.2) is 0 Å². The minimum Gasteiger partial charge on any atom is -0.354 e. The van der Waals surface area contributed by atoms with Gasteiger partial charge in [0.1, 0.15) is 11.4 Å². The summed E-state index contributed by atoms with van der Waals surface area (Å²) in [5, 5.41) is 20.6. The first-order valence-corrected chi connectivity index (χ1v) is 8.56. The molecule has 2 heterocycles. The second-order valence-electron chi connectivity index (χ2n) is 6.07. The van der Waals surface area contributed by atoms with Crippen molar-refractivity contribution in [1.29, 1.82) is 0 Å². The fourth-order valence-electron chi connectivity index (χ4n) is 2.69. The van der Waals surface area contributed by atoms with Gasteiger partial charge in [-0.15, -0.1) is 0 Å². The maximum atomic E-state index is 12.8. The maximum Gasteiger partial charge on any atom is 0.436 e. The summed E-state index contributed by atoms with van der Waals surface area (Å²) in [4.78, 5) is 22.4. The minimum atomic E-state index is -4.67. The number of halogens is 4. The van der Waals surface area contributed by atoms with E-state index in [1.54, 1.807) is 6.92 Å². The van der Waals surface area contributed by atoms with Crippen molar-refractivity contribution in [1.82, 2.24) is 24.9 Å². The lowest BCUT2D eigenvalue weighted by Gasteiger charge is -2.08. The third-order valence-electron chi connectivity index (χ3n) is 4.12. The number of carbonyl (C=O) groups excluding carboxylic acids is 1. The molecule has 0 bridgehead atoms. The van der Waals surface area contributed by atoms with E-state index in [4.69, 9.17) is 11.6 Å². The van der Waals surface area contributed by atoms with Crippen LogP contribution >= 0.6 is 11.6 Å². The first-order chi connectivity index (χ1) is 12.9. The molecular weight excluding hydrogens is 405 g/mol. The molecule has 1 N–H and O–H groups in total. The molecule has 0 fully saturated rings. The molecule has 28 heavy (non-hydrogen) atoms. The van der Waals surface area contributed by atoms with Gasteiger partial charge in [0.25, 0.3) is 0 Å². The van der Waals surface area contributed by atoms with Gasteiger partial charge in [-0.3, -0.25) is 24.3 Å². The lowest BCUT2D eigenvalue weighted by atomic mass is 10.3. The summed E-state index contributed by atoms with van der Waals surface area (Å²) in [5.41, 5.74) is -0.480. The monoisotopic (exact) mass is 422 g/mol. The van der Waals surface area contributed by atoms with Crippen molar-refractivity contribution < 1.29 is 22.9 Å². The molecule has 0 aromatic carbocycles. The SMILES string of the molecule is Cc1nn(CCNC(=O)CCn2nc(C(F)(F)F)c(Cl)c2C)c(C)c1[N+](=O)[O-]. The highest BCUT2D eigenvalue weighted by Crippen LogP contribution is 2.35. The van der Waals surface area contributed by atoms with E-state index < -0.39 is 27.7 Å². The van der Waals surface area contributed by atoms with Crippen LogP contribution in [-0.2, 0) is 24.1 Å². The number of nitro groups is 1. The summed E-state index contributed by atoms with van der Waals surface area (Å²) in [6, 6.07) is 0. The number of alkyl halides is 3. The number of rotatable bonds is 7. The van der Waals surface area contributed by atoms with Gasteiger partial charge in [0, 0.05) is 13.0 Å². The molecule has 0 unspecified atom stereocenters. The van der Waals surface area contributed by atoms with E-state index in [0.29, 0.717) is 5.69 Å². The van der Waals surface area contributed by atoms with Gasteiger partial charge in [-0.1, -0.05) is 11.6 Å². The van der Waals surface area contributed by atoms with Gasteiger partial charge in [0.05, 0.1) is 28.7 Å². The molecule has 154 valence electrons. The third-order valence-corrected chi connectivity index (χ3v) is 4.58. The maximum absolute atomic E-state index is 12.8. The van der Waals surface area contributed by atoms with Gasteiger partial charge >= 0.3 is 11.9 Å². The van der Waals surface area contributed by atoms with Crippen molar-refractivity contribution in [2.75, 3.05) is 6.54 Å². The highest BCUT2D eigenvalue weighted by molar-refractivity contribution is 6.31. The molecule has 2 rings (SSSR count). The molecule has 0 spiro atoms. The quantitative estimate of drug-likeness (QED) is 0.545. The van der Waals surface area contributed by atoms with E-state index in [1.165, 1.54) is 18.5 Å². The van der Waals surface area contributed by atoms with Gasteiger partial charge in [-0.2, -0.15) is 23.4 Å². The molecule has 0 atom stereocenters. The van der Waals surface area contributed by atoms with E-state index >= 15 is 0 Å². The number of nitrogens with zero attached hydrogens (tertiary/aromatic N) is 5. The number of amides is 1. The summed E-state index contributed by atoms with van der Waals surface area (Å²) >= 11 is 5.66. The highest BCUT2D eigenvalue weighted by atomic mass is 35.5. The van der Waals surface area contributed by atoms with Crippen LogP contribution in [0.3, 0.4) is 0 Å². The average Bonchev–Trinajstić information content (AvgIpc) is 3.02. The van der Waals surface area contributed by atoms with Gasteiger partial charge in [0.15, 0.2) is 5.69 Å². The number of hydrogen-bond acceptors (Lipinski definition) is 5. The predicted molar refractivity (Wildman–Crippen MR) is 93.0 cm³/mol. The molecule has 0 radical (unpaired) electrons. The van der Waals surface area contributed by atoms with E-state index in [2.05, 4.69) is 15.5 Å². The zero-order valence-electron chi connectivity index (χ0n) is 15.3. The van der Waals surface area contributed by atoms with Crippen LogP contribution in [0.2, 0.25) is 5.02 Å². The van der Waals surface area contributed by atoms with Crippen molar-refractivity contribution in [2.45, 2.75) is 46.5 Å². The summed E-state index contributed by atoms with van der Waals surface area (Å²) in [7, 11) is 0. The fraction of sp³-hybridized carbons (Fsp3) is 0.533. The van der Waals surface area contributed by atoms with Crippen LogP contribution in [0.25, 0.3) is 0 Å². The number of aryl methyl sites for hydroxylation is 2. The van der Waals surface area contributed by atoms with Crippen LogP contribution in [0.1, 0.15) is 29.2 Å². The summed E-state index contributed by atoms with van der Waals surface area (Å²) in [6.07, 6.45) is -4.77. The molecule has 0 saturated carbocycles. The molecule has 0 aliphatic carbocycles. The Morgan fingerprint density at radius 1 is 1.18 bits per heavy atom. The molecule has 0 aliphatic rings. The van der Waals surface area contributed by atoms with E-state index in [0.717, 1.165) is 4.68 Å². The molecular formula is C15H18ClF3N6O3. The fourth-order valence-corrected chi connectivity index (χ4v) is 2.93. The Balaban J connectivity index is 1.89. The number of aromatic nitrogens is 4. The Kier molecular flexibility index (Phi) is 6.32. The van der Waals surface area contributed by atoms with Gasteiger partial charge in [0.2, 0.25) is 5.91 Å². The molecule has 13 heteroatoms. The number of hydrogen-bond donors (Lipinski definition) is 1. The lowest BCUT2D eigenvalue weighted by molar-refractivity contribution is -0.386. The second kappa shape index (κ2) is 8.17. The Morgan fingerprint density at radius 3 is 2.29 bits per heavy atom. The lowest BCUT2D eigenvalue weighted by Crippen LogP contribution is -2.28. The second-order valence-corrected chi connectivity index (χ2v) is 6.45. The van der Waals surface area contributed by atoms with Crippen molar-refractivity contribution in [3.05, 3.63) is 37.9 Å². The summed E-state index contributed by atoms with van der Waals surface area (Å²) in [6.45, 7) is 4.77. The first kappa shape index (κ1) is 21.7. The smallest absolute Gasteiger partial charge is 0.354 e. The van der Waals surface area contributed by atoms with Gasteiger partial charge < -0.3 is 5.32 Å². The van der Waals surface area contributed by atoms with Crippen LogP contribution in [0.5, 0.6) is 0 Å². The van der Waals surface area contributed by atoms with Crippen molar-refractivity contribution in [3.63, 3.8) is 0 Å². The zero-order chi connectivity index (χ0) is 21.2. The van der Waals surface area contributed by atoms with Crippen molar-refractivity contribution >= 4 is 23.2 Å². The number of carbonyl (C=O) groups is 1. The Labute approximate surface area is 162 Å². The predicted octanol–water partition coefficient (Wildman–Crippen LogP) is 2.79. The zero-order valence-corrected chi connectivity index (χ0v) is 16.1. The van der Waals surface area contributed by atoms with E-state index in [-0.39, 0.29) is 43.1 Å². The van der Waals surface area contributed by atoms with Crippen LogP contribution < -0.4 is 5.32 Å². The summed E-state index contributed by atoms with van der Waals surface area (Å²) in [5.74, 6) is -0.407. The van der Waals surface area contributed by atoms with E-state index in [9.17, 15) is 28.1 Å². The van der Waals surface area contributed by atoms with Crippen molar-refractivity contribution in [3.8, 4) is 0 Å². The van der Waals surface area contributed by atoms with E-state index in [1.807, 2.05) is 0 Å². The number of nitrogens with one attached hydrogen (secondary N) is 1. The average molecular weight is 423 g/mol. The molecule has 9 nitrogen and oxygen atoms in total. The van der Waals surface area contributed by atoms with Crippen molar-refractivity contribution in [2.24, 2.45) is 0 Å². The van der Waals surface area contributed by atoms with Gasteiger partial charge in [-0.05, 0) is 20.8 Å². The van der Waals surface area contributed by atoms with Crippen LogP contribution in [0, 0.1) is 30.9 Å². The normalized spacial score (nSPS) is 11.7. The molecule has 2 aromatic heterocycles. The molecule has 0 saturated heterocycles. The molecule has 1 amide bonds. The molecule has 2 aromatic rings. The Hall–Kier alpha value is -2.63. The van der Waals surface area contributed by atoms with Crippen LogP contribution in [-0.4, -0.2) is 36.9 Å². The molecule has 0 aliphatic heterocycles. The first-order valence-electron chi connectivity index (χ1n) is 8.18. The Bertz CT molecular complexity index is 906. The largest absolute Gasteiger partial charge is 0.436 e. The topological polar surface area (TPSA) is 108 Å². The third kappa shape index (κ3) is 4.61. The summed E-state index contributed by atoms with van der Waals surface area (Å²) < 4.78 is 40.8.